The summed E-state index contributed by atoms with van der Waals surface area (Å²) in [5, 5.41) is 22.6. The van der Waals surface area contributed by atoms with Crippen LogP contribution in [-0.2, 0) is 4.74 Å². The molecule has 8 atom stereocenters. The molecular formula is C35H46N2O6. The molecule has 0 aliphatic heterocycles. The fraction of sp³-hybridized carbons (Fsp3) is 0.629. The van der Waals surface area contributed by atoms with Gasteiger partial charge in [-0.3, -0.25) is 20.2 Å². The molecule has 3 saturated carbocycles. The second kappa shape index (κ2) is 11.7. The number of hydrogen-bond donors (Lipinski definition) is 0. The zero-order valence-electron chi connectivity index (χ0n) is 26.4. The van der Waals surface area contributed by atoms with Gasteiger partial charge in [-0.05, 0) is 84.9 Å². The van der Waals surface area contributed by atoms with Gasteiger partial charge in [0.25, 0.3) is 11.4 Å². The van der Waals surface area contributed by atoms with Crippen LogP contribution in [0.5, 0.6) is 0 Å². The third-order valence-electron chi connectivity index (χ3n) is 11.8. The van der Waals surface area contributed by atoms with E-state index in [1.807, 2.05) is 0 Å². The number of rotatable bonds is 8. The minimum atomic E-state index is -0.760. The molecule has 232 valence electrons. The zero-order valence-corrected chi connectivity index (χ0v) is 26.4. The van der Waals surface area contributed by atoms with Crippen molar-refractivity contribution < 1.29 is 19.4 Å². The van der Waals surface area contributed by atoms with Gasteiger partial charge in [0.15, 0.2) is 0 Å². The highest BCUT2D eigenvalue weighted by atomic mass is 16.6. The van der Waals surface area contributed by atoms with Gasteiger partial charge in [-0.15, -0.1) is 0 Å². The molecule has 3 fully saturated rings. The van der Waals surface area contributed by atoms with E-state index in [4.69, 9.17) is 4.74 Å². The average Bonchev–Trinajstić information content (AvgIpc) is 3.32. The van der Waals surface area contributed by atoms with Gasteiger partial charge in [-0.1, -0.05) is 77.0 Å². The minimum Gasteiger partial charge on any atom is -0.458 e. The predicted molar refractivity (Wildman–Crippen MR) is 166 cm³/mol. The number of ether oxygens (including phenoxy) is 1. The smallest absolute Gasteiger partial charge is 0.338 e. The fourth-order valence-electron chi connectivity index (χ4n) is 8.82. The lowest BCUT2D eigenvalue weighted by molar-refractivity contribution is -0.394. The number of esters is 1. The molecule has 0 radical (unpaired) electrons. The maximum absolute atomic E-state index is 13.0. The van der Waals surface area contributed by atoms with E-state index in [9.17, 15) is 25.0 Å². The number of non-ortho nitro benzene ring substituents is 2. The number of allylic oxidation sites excluding steroid dienone is 5. The molecule has 8 heteroatoms. The molecule has 0 bridgehead atoms. The maximum Gasteiger partial charge on any atom is 0.338 e. The summed E-state index contributed by atoms with van der Waals surface area (Å²) in [6.45, 7) is 14.2. The Morgan fingerprint density at radius 1 is 0.907 bits per heavy atom. The molecule has 0 spiro atoms. The number of benzene rings is 1. The Morgan fingerprint density at radius 2 is 1.58 bits per heavy atom. The van der Waals surface area contributed by atoms with Gasteiger partial charge in [0.05, 0.1) is 21.5 Å². The number of nitrogens with zero attached hydrogens (tertiary/aromatic N) is 2. The van der Waals surface area contributed by atoms with Crippen molar-refractivity contribution in [1.82, 2.24) is 0 Å². The SMILES string of the molecule is CC(C)[C@@H](C)/C=C/[C@@H](C)C1CCC2C3=CC=C4C[C@@H](OC(=O)c5cc([N+](=O)[O-])cc([N+](=O)[O-])c5)CC[C@@]4(C)[C@@H]3CC[C@@]21C. The van der Waals surface area contributed by atoms with Crippen molar-refractivity contribution in [3.63, 3.8) is 0 Å². The van der Waals surface area contributed by atoms with Gasteiger partial charge >= 0.3 is 5.97 Å². The molecule has 0 N–H and O–H groups in total. The molecule has 2 unspecified atom stereocenters. The van der Waals surface area contributed by atoms with Crippen molar-refractivity contribution >= 4 is 17.3 Å². The number of hydrogen-bond acceptors (Lipinski definition) is 6. The third kappa shape index (κ3) is 5.69. The van der Waals surface area contributed by atoms with Gasteiger partial charge in [0.1, 0.15) is 6.10 Å². The first-order valence-corrected chi connectivity index (χ1v) is 16.0. The summed E-state index contributed by atoms with van der Waals surface area (Å²) in [5.41, 5.74) is 2.08. The van der Waals surface area contributed by atoms with E-state index in [0.717, 1.165) is 24.6 Å². The number of nitro groups is 2. The first-order chi connectivity index (χ1) is 20.2. The van der Waals surface area contributed by atoms with Crippen LogP contribution in [0.4, 0.5) is 11.4 Å². The number of nitro benzene ring substituents is 2. The molecule has 4 aliphatic rings. The molecule has 0 saturated heterocycles. The van der Waals surface area contributed by atoms with Crippen LogP contribution in [-0.4, -0.2) is 21.9 Å². The van der Waals surface area contributed by atoms with Crippen LogP contribution in [0.3, 0.4) is 0 Å². The Labute approximate surface area is 255 Å². The fourth-order valence-corrected chi connectivity index (χ4v) is 8.82. The van der Waals surface area contributed by atoms with Crippen LogP contribution in [0.15, 0.2) is 53.6 Å². The molecule has 1 aromatic carbocycles. The van der Waals surface area contributed by atoms with Crippen molar-refractivity contribution in [2.75, 3.05) is 0 Å². The number of carbonyl (C=O) groups is 1. The second-order valence-corrected chi connectivity index (χ2v) is 14.5. The average molecular weight is 591 g/mol. The quantitative estimate of drug-likeness (QED) is 0.129. The number of carbonyl (C=O) groups excluding carboxylic acids is 1. The first kappa shape index (κ1) is 31.1. The van der Waals surface area contributed by atoms with E-state index in [2.05, 4.69) is 65.8 Å². The summed E-state index contributed by atoms with van der Waals surface area (Å²) in [6, 6.07) is 2.95. The molecule has 0 amide bonds. The molecule has 0 aromatic heterocycles. The Morgan fingerprint density at radius 3 is 2.21 bits per heavy atom. The second-order valence-electron chi connectivity index (χ2n) is 14.5. The Hall–Kier alpha value is -3.29. The van der Waals surface area contributed by atoms with Gasteiger partial charge in [0, 0.05) is 18.6 Å². The normalized spacial score (nSPS) is 33.1. The van der Waals surface area contributed by atoms with Crippen LogP contribution in [0, 0.1) is 66.6 Å². The van der Waals surface area contributed by atoms with Gasteiger partial charge in [-0.25, -0.2) is 4.79 Å². The molecule has 0 heterocycles. The lowest BCUT2D eigenvalue weighted by atomic mass is 9.50. The molecule has 43 heavy (non-hydrogen) atoms. The Kier molecular flexibility index (Phi) is 8.45. The topological polar surface area (TPSA) is 113 Å². The molecule has 5 rings (SSSR count). The van der Waals surface area contributed by atoms with Gasteiger partial charge in [0.2, 0.25) is 0 Å². The monoisotopic (exact) mass is 590 g/mol. The van der Waals surface area contributed by atoms with Crippen LogP contribution in [0.2, 0.25) is 0 Å². The van der Waals surface area contributed by atoms with Gasteiger partial charge < -0.3 is 4.74 Å². The highest BCUT2D eigenvalue weighted by Gasteiger charge is 2.57. The van der Waals surface area contributed by atoms with E-state index in [-0.39, 0.29) is 17.1 Å². The summed E-state index contributed by atoms with van der Waals surface area (Å²) >= 11 is 0. The van der Waals surface area contributed by atoms with Crippen LogP contribution in [0.1, 0.15) is 96.8 Å². The Bertz CT molecular complexity index is 1360. The standard InChI is InChI=1S/C35H46N2O6/c1-21(2)22(3)7-8-23(4)30-11-12-31-29-10-9-25-19-28(13-15-34(25,5)32(29)14-16-35(30,31)6)43-33(38)24-17-26(36(39)40)20-27(18-24)37(41)42/h7-10,17-18,20-23,28,30-32H,11-16,19H2,1-6H3/b8-7+/t22-,23+,28-,30?,31?,32+,34+,35+/m0/s1. The highest BCUT2D eigenvalue weighted by molar-refractivity contribution is 5.91. The minimum absolute atomic E-state index is 0.0228. The van der Waals surface area contributed by atoms with Crippen molar-refractivity contribution in [3.05, 3.63) is 79.4 Å². The molecule has 4 aliphatic carbocycles. The Balaban J connectivity index is 1.31. The lowest BCUT2D eigenvalue weighted by Gasteiger charge is -2.55. The van der Waals surface area contributed by atoms with E-state index in [0.29, 0.717) is 53.8 Å². The lowest BCUT2D eigenvalue weighted by Crippen LogP contribution is -2.46. The van der Waals surface area contributed by atoms with E-state index in [1.165, 1.54) is 31.3 Å². The summed E-state index contributed by atoms with van der Waals surface area (Å²) in [4.78, 5) is 34.1. The van der Waals surface area contributed by atoms with Gasteiger partial charge in [-0.2, -0.15) is 0 Å². The zero-order chi connectivity index (χ0) is 31.3. The summed E-state index contributed by atoms with van der Waals surface area (Å²) in [7, 11) is 0. The van der Waals surface area contributed by atoms with E-state index >= 15 is 0 Å². The van der Waals surface area contributed by atoms with Crippen molar-refractivity contribution in [1.29, 1.82) is 0 Å². The summed E-state index contributed by atoms with van der Waals surface area (Å²) in [5.74, 6) is 2.83. The van der Waals surface area contributed by atoms with Crippen molar-refractivity contribution in [2.45, 2.75) is 92.6 Å². The molecular weight excluding hydrogens is 544 g/mol. The summed E-state index contributed by atoms with van der Waals surface area (Å²) in [6.07, 6.45) is 16.3. The third-order valence-corrected chi connectivity index (χ3v) is 11.8. The van der Waals surface area contributed by atoms with Crippen molar-refractivity contribution in [2.24, 2.45) is 46.3 Å². The highest BCUT2D eigenvalue weighted by Crippen LogP contribution is 2.66. The van der Waals surface area contributed by atoms with Crippen molar-refractivity contribution in [3.8, 4) is 0 Å². The van der Waals surface area contributed by atoms with E-state index in [1.54, 1.807) is 5.57 Å². The van der Waals surface area contributed by atoms with Crippen LogP contribution in [0.25, 0.3) is 0 Å². The largest absolute Gasteiger partial charge is 0.458 e. The predicted octanol–water partition coefficient (Wildman–Crippen LogP) is 9.01. The van der Waals surface area contributed by atoms with Crippen LogP contribution < -0.4 is 0 Å². The maximum atomic E-state index is 13.0. The molecule has 8 nitrogen and oxygen atoms in total. The van der Waals surface area contributed by atoms with Crippen LogP contribution >= 0.6 is 0 Å². The first-order valence-electron chi connectivity index (χ1n) is 16.0. The number of fused-ring (bicyclic) bond motifs is 5. The summed E-state index contributed by atoms with van der Waals surface area (Å²) < 4.78 is 5.80. The molecule has 1 aromatic rings. The van der Waals surface area contributed by atoms with E-state index < -0.39 is 27.2 Å².